The number of carbonyl (C=O) groups is 2. The van der Waals surface area contributed by atoms with Crippen LogP contribution in [0.15, 0.2) is 29.3 Å². The molecule has 1 aliphatic heterocycles. The van der Waals surface area contributed by atoms with Crippen molar-refractivity contribution in [2.24, 2.45) is 10.9 Å². The normalized spacial score (nSPS) is 21.0. The van der Waals surface area contributed by atoms with Crippen LogP contribution in [0.1, 0.15) is 32.4 Å². The molecule has 122 valence electrons. The van der Waals surface area contributed by atoms with Gasteiger partial charge in [0, 0.05) is 17.7 Å². The van der Waals surface area contributed by atoms with Gasteiger partial charge in [-0.1, -0.05) is 23.7 Å². The molecule has 2 rings (SSSR count). The molecule has 1 aromatic carbocycles. The van der Waals surface area contributed by atoms with Gasteiger partial charge in [-0.2, -0.15) is 0 Å². The second-order valence-electron chi connectivity index (χ2n) is 5.15. The van der Waals surface area contributed by atoms with Gasteiger partial charge in [-0.05, 0) is 43.8 Å². The highest BCUT2D eigenvalue weighted by molar-refractivity contribution is 7.80. The minimum atomic E-state index is -0.702. The number of aliphatic imine (C=N–C) groups is 1. The molecule has 0 aliphatic carbocycles. The van der Waals surface area contributed by atoms with Crippen molar-refractivity contribution in [1.82, 2.24) is 4.90 Å². The molecule has 0 saturated heterocycles. The van der Waals surface area contributed by atoms with E-state index in [1.807, 2.05) is 0 Å². The Morgan fingerprint density at radius 3 is 2.48 bits per heavy atom. The lowest BCUT2D eigenvalue weighted by molar-refractivity contribution is -0.148. The van der Waals surface area contributed by atoms with Gasteiger partial charge in [0.2, 0.25) is 11.0 Å². The van der Waals surface area contributed by atoms with Crippen LogP contribution < -0.4 is 0 Å². The molecule has 2 atom stereocenters. The Bertz CT molecular complexity index is 672. The van der Waals surface area contributed by atoms with Crippen molar-refractivity contribution in [3.63, 3.8) is 0 Å². The summed E-state index contributed by atoms with van der Waals surface area (Å²) in [5.41, 5.74) is 1.28. The number of benzene rings is 1. The smallest absolute Gasteiger partial charge is 0.317 e. The molecule has 1 heterocycles. The number of halogens is 1. The van der Waals surface area contributed by atoms with Gasteiger partial charge in [-0.15, -0.1) is 0 Å². The fraction of sp³-hybridized carbons (Fsp3) is 0.375. The number of hydrogen-bond donors (Lipinski definition) is 0. The van der Waals surface area contributed by atoms with Crippen molar-refractivity contribution >= 4 is 46.5 Å². The molecule has 0 saturated carbocycles. The number of nitrogens with zero attached hydrogens (tertiary/aromatic N) is 2. The summed E-state index contributed by atoms with van der Waals surface area (Å²) in [6, 6.07) is 6.38. The van der Waals surface area contributed by atoms with E-state index in [4.69, 9.17) is 28.6 Å². The van der Waals surface area contributed by atoms with Crippen molar-refractivity contribution in [2.45, 2.75) is 26.8 Å². The second kappa shape index (κ2) is 7.19. The number of thiocarbonyl (C=S) groups is 1. The van der Waals surface area contributed by atoms with Gasteiger partial charge in [0.15, 0.2) is 0 Å². The quantitative estimate of drug-likeness (QED) is 0.619. The van der Waals surface area contributed by atoms with Crippen molar-refractivity contribution in [1.29, 1.82) is 0 Å². The van der Waals surface area contributed by atoms with Crippen LogP contribution in [0.4, 0.5) is 0 Å². The van der Waals surface area contributed by atoms with E-state index in [1.165, 1.54) is 11.8 Å². The number of amides is 1. The first-order valence-corrected chi connectivity index (χ1v) is 7.96. The van der Waals surface area contributed by atoms with E-state index >= 15 is 0 Å². The second-order valence-corrected chi connectivity index (χ2v) is 5.95. The molecule has 0 radical (unpaired) electrons. The summed E-state index contributed by atoms with van der Waals surface area (Å²) in [5.74, 6) is -1.41. The van der Waals surface area contributed by atoms with Crippen LogP contribution in [0, 0.1) is 5.92 Å². The third kappa shape index (κ3) is 3.59. The first kappa shape index (κ1) is 17.6. The minimum Gasteiger partial charge on any atom is -0.465 e. The molecule has 7 heteroatoms. The van der Waals surface area contributed by atoms with Crippen LogP contribution in [-0.4, -0.2) is 34.2 Å². The van der Waals surface area contributed by atoms with Gasteiger partial charge in [-0.25, -0.2) is 4.99 Å². The molecule has 0 spiro atoms. The number of ether oxygens (including phenoxy) is 1. The Hall–Kier alpha value is -1.79. The van der Waals surface area contributed by atoms with E-state index in [9.17, 15) is 9.59 Å². The monoisotopic (exact) mass is 352 g/mol. The van der Waals surface area contributed by atoms with Gasteiger partial charge >= 0.3 is 5.97 Å². The van der Waals surface area contributed by atoms with Gasteiger partial charge in [0.05, 0.1) is 12.6 Å². The molecule has 0 aromatic heterocycles. The maximum absolute atomic E-state index is 12.4. The van der Waals surface area contributed by atoms with E-state index in [0.29, 0.717) is 10.7 Å². The van der Waals surface area contributed by atoms with Crippen molar-refractivity contribution in [2.75, 3.05) is 6.61 Å². The fourth-order valence-corrected chi connectivity index (χ4v) is 3.15. The van der Waals surface area contributed by atoms with Crippen LogP contribution in [0.3, 0.4) is 0 Å². The van der Waals surface area contributed by atoms with Crippen LogP contribution in [-0.2, 0) is 14.3 Å². The Morgan fingerprint density at radius 2 is 1.96 bits per heavy atom. The molecule has 1 amide bonds. The maximum Gasteiger partial charge on any atom is 0.317 e. The number of rotatable bonds is 3. The molecule has 1 aromatic rings. The summed E-state index contributed by atoms with van der Waals surface area (Å²) in [6.07, 6.45) is 0. The van der Waals surface area contributed by atoms with E-state index in [2.05, 4.69) is 4.99 Å². The predicted octanol–water partition coefficient (Wildman–Crippen LogP) is 3.17. The van der Waals surface area contributed by atoms with E-state index in [1.54, 1.807) is 38.1 Å². The lowest BCUT2D eigenvalue weighted by atomic mass is 9.87. The minimum absolute atomic E-state index is 0.149. The van der Waals surface area contributed by atoms with E-state index in [-0.39, 0.29) is 17.6 Å². The molecular weight excluding hydrogens is 336 g/mol. The summed E-state index contributed by atoms with van der Waals surface area (Å²) in [5, 5.41) is 0.718. The van der Waals surface area contributed by atoms with Crippen molar-refractivity contribution < 1.29 is 14.3 Å². The molecule has 0 N–H and O–H groups in total. The van der Waals surface area contributed by atoms with Gasteiger partial charge < -0.3 is 4.74 Å². The molecule has 0 bridgehead atoms. The molecule has 0 fully saturated rings. The Labute approximate surface area is 145 Å². The van der Waals surface area contributed by atoms with Crippen LogP contribution in [0.5, 0.6) is 0 Å². The van der Waals surface area contributed by atoms with E-state index < -0.39 is 17.9 Å². The van der Waals surface area contributed by atoms with Crippen LogP contribution in [0.25, 0.3) is 0 Å². The highest BCUT2D eigenvalue weighted by Gasteiger charge is 2.43. The standard InChI is InChI=1S/C16H17ClN2O3S/c1-4-22-15(21)13-9(2)18-16(23)19(10(3)20)14(13)11-5-7-12(17)8-6-11/h5-8,13-14H,4H2,1-3H3. The highest BCUT2D eigenvalue weighted by atomic mass is 35.5. The van der Waals surface area contributed by atoms with Crippen molar-refractivity contribution in [3.05, 3.63) is 34.9 Å². The summed E-state index contributed by atoms with van der Waals surface area (Å²) in [4.78, 5) is 30.1. The summed E-state index contributed by atoms with van der Waals surface area (Å²) in [7, 11) is 0. The van der Waals surface area contributed by atoms with Gasteiger partial charge in [0.25, 0.3) is 0 Å². The first-order chi connectivity index (χ1) is 10.9. The molecule has 23 heavy (non-hydrogen) atoms. The summed E-state index contributed by atoms with van der Waals surface area (Å²) < 4.78 is 5.16. The summed E-state index contributed by atoms with van der Waals surface area (Å²) in [6.45, 7) is 5.10. The molecule has 1 aliphatic rings. The number of carbonyl (C=O) groups excluding carboxylic acids is 2. The third-order valence-corrected chi connectivity index (χ3v) is 4.15. The van der Waals surface area contributed by atoms with E-state index in [0.717, 1.165) is 5.56 Å². The zero-order chi connectivity index (χ0) is 17.1. The predicted molar refractivity (Wildman–Crippen MR) is 92.5 cm³/mol. The van der Waals surface area contributed by atoms with Gasteiger partial charge in [-0.3, -0.25) is 14.5 Å². The molecule has 5 nitrogen and oxygen atoms in total. The average Bonchev–Trinajstić information content (AvgIpc) is 2.46. The maximum atomic E-state index is 12.4. The van der Waals surface area contributed by atoms with Crippen LogP contribution in [0.2, 0.25) is 5.02 Å². The lowest BCUT2D eigenvalue weighted by Crippen LogP contribution is -2.48. The fourth-order valence-electron chi connectivity index (χ4n) is 2.63. The highest BCUT2D eigenvalue weighted by Crippen LogP contribution is 2.35. The third-order valence-electron chi connectivity index (χ3n) is 3.61. The largest absolute Gasteiger partial charge is 0.465 e. The number of esters is 1. The summed E-state index contributed by atoms with van der Waals surface area (Å²) >= 11 is 11.2. The Kier molecular flexibility index (Phi) is 5.49. The zero-order valence-electron chi connectivity index (χ0n) is 13.1. The topological polar surface area (TPSA) is 59.0 Å². The lowest BCUT2D eigenvalue weighted by Gasteiger charge is -2.38. The average molecular weight is 353 g/mol. The Balaban J connectivity index is 2.57. The first-order valence-electron chi connectivity index (χ1n) is 7.17. The van der Waals surface area contributed by atoms with Gasteiger partial charge in [0.1, 0.15) is 5.92 Å². The molecule has 2 unspecified atom stereocenters. The number of hydrogen-bond acceptors (Lipinski definition) is 4. The van der Waals surface area contributed by atoms with Crippen LogP contribution >= 0.6 is 23.8 Å². The molecular formula is C16H17ClN2O3S. The van der Waals surface area contributed by atoms with Crippen molar-refractivity contribution in [3.8, 4) is 0 Å². The Morgan fingerprint density at radius 1 is 1.35 bits per heavy atom. The SMILES string of the molecule is CCOC(=O)C1C(C)=NC(=S)N(C(C)=O)C1c1ccc(Cl)cc1. The zero-order valence-corrected chi connectivity index (χ0v) is 14.6.